The highest BCUT2D eigenvalue weighted by atomic mass is 16.2. The summed E-state index contributed by atoms with van der Waals surface area (Å²) in [5, 5.41) is 11.8. The molecule has 1 aliphatic rings. The Balaban J connectivity index is 1.78. The van der Waals surface area contributed by atoms with Crippen LogP contribution in [0.1, 0.15) is 59.2 Å². The quantitative estimate of drug-likeness (QED) is 0.929. The molecule has 1 N–H and O–H groups in total. The van der Waals surface area contributed by atoms with E-state index in [9.17, 15) is 4.79 Å². The van der Waals surface area contributed by atoms with Crippen molar-refractivity contribution in [1.82, 2.24) is 25.2 Å². The fourth-order valence-corrected chi connectivity index (χ4v) is 3.35. The Kier molecular flexibility index (Phi) is 5.18. The third-order valence-corrected chi connectivity index (χ3v) is 5.25. The van der Waals surface area contributed by atoms with E-state index in [0.29, 0.717) is 11.7 Å². The summed E-state index contributed by atoms with van der Waals surface area (Å²) < 4.78 is 1.93. The molecule has 2 aromatic rings. The predicted molar refractivity (Wildman–Crippen MR) is 97.6 cm³/mol. The maximum absolute atomic E-state index is 12.9. The first kappa shape index (κ1) is 17.6. The molecule has 25 heavy (non-hydrogen) atoms. The van der Waals surface area contributed by atoms with E-state index < -0.39 is 0 Å². The topological polar surface area (TPSA) is 63.1 Å². The van der Waals surface area contributed by atoms with E-state index in [2.05, 4.69) is 46.8 Å². The number of hydrogen-bond donors (Lipinski definition) is 1. The summed E-state index contributed by atoms with van der Waals surface area (Å²) in [6.07, 6.45) is 2.04. The van der Waals surface area contributed by atoms with E-state index in [0.717, 1.165) is 37.2 Å². The Labute approximate surface area is 149 Å². The minimum atomic E-state index is -0.0780. The van der Waals surface area contributed by atoms with Gasteiger partial charge in [-0.2, -0.15) is 0 Å². The fourth-order valence-electron chi connectivity index (χ4n) is 3.35. The average molecular weight is 341 g/mol. The van der Waals surface area contributed by atoms with Crippen LogP contribution in [-0.2, 0) is 0 Å². The Hall–Kier alpha value is -2.21. The van der Waals surface area contributed by atoms with Crippen molar-refractivity contribution in [1.29, 1.82) is 0 Å². The molecule has 1 aromatic heterocycles. The van der Waals surface area contributed by atoms with Crippen LogP contribution in [0.25, 0.3) is 0 Å². The molecule has 6 heteroatoms. The van der Waals surface area contributed by atoms with E-state index >= 15 is 0 Å². The van der Waals surface area contributed by atoms with Crippen molar-refractivity contribution in [2.24, 2.45) is 0 Å². The molecule has 0 spiro atoms. The molecule has 1 amide bonds. The highest BCUT2D eigenvalue weighted by Gasteiger charge is 2.26. The van der Waals surface area contributed by atoms with Crippen LogP contribution in [0.3, 0.4) is 0 Å². The van der Waals surface area contributed by atoms with Crippen LogP contribution in [0.4, 0.5) is 0 Å². The number of carbonyl (C=O) groups excluding carboxylic acids is 1. The molecule has 3 rings (SSSR count). The van der Waals surface area contributed by atoms with Gasteiger partial charge in [-0.15, -0.1) is 5.10 Å². The minimum Gasteiger partial charge on any atom is -0.333 e. The number of piperidine rings is 1. The number of carbonyl (C=O) groups is 1. The first-order valence-corrected chi connectivity index (χ1v) is 8.95. The molecule has 0 bridgehead atoms. The fraction of sp³-hybridized carbons (Fsp3) is 0.526. The zero-order chi connectivity index (χ0) is 18.0. The number of hydrogen-bond acceptors (Lipinski definition) is 4. The van der Waals surface area contributed by atoms with Crippen LogP contribution in [0, 0.1) is 13.8 Å². The molecule has 0 aliphatic carbocycles. The molecule has 0 radical (unpaired) electrons. The Morgan fingerprint density at radius 3 is 2.52 bits per heavy atom. The van der Waals surface area contributed by atoms with Gasteiger partial charge in [-0.1, -0.05) is 35.0 Å². The monoisotopic (exact) mass is 341 g/mol. The lowest BCUT2D eigenvalue weighted by Gasteiger charge is -2.25. The Bertz CT molecular complexity index is 731. The minimum absolute atomic E-state index is 0.0171. The molecule has 1 unspecified atom stereocenters. The molecule has 2 heterocycles. The number of aryl methyl sites for hydroxylation is 1. The maximum Gasteiger partial charge on any atom is 0.276 e. The van der Waals surface area contributed by atoms with Gasteiger partial charge in [0.25, 0.3) is 5.91 Å². The molecule has 1 aromatic carbocycles. The van der Waals surface area contributed by atoms with Crippen LogP contribution in [-0.4, -0.2) is 45.9 Å². The second kappa shape index (κ2) is 7.35. The third-order valence-electron chi connectivity index (χ3n) is 5.25. The van der Waals surface area contributed by atoms with Gasteiger partial charge in [-0.05, 0) is 52.3 Å². The zero-order valence-electron chi connectivity index (χ0n) is 15.5. The summed E-state index contributed by atoms with van der Waals surface area (Å²) in [6, 6.07) is 8.60. The van der Waals surface area contributed by atoms with E-state index in [1.54, 1.807) is 4.90 Å². The van der Waals surface area contributed by atoms with Crippen LogP contribution >= 0.6 is 0 Å². The number of aromatic nitrogens is 3. The van der Waals surface area contributed by atoms with Crippen LogP contribution in [0.5, 0.6) is 0 Å². The number of benzene rings is 1. The highest BCUT2D eigenvalue weighted by molar-refractivity contribution is 5.93. The standard InChI is InChI=1S/C19H27N5O/c1-13-5-7-16(8-6-13)14(2)23(4)19(25)18-15(3)24(22-21-18)17-9-11-20-12-10-17/h5-8,14,17,20H,9-12H2,1-4H3. The van der Waals surface area contributed by atoms with Gasteiger partial charge >= 0.3 is 0 Å². The van der Waals surface area contributed by atoms with Crippen molar-refractivity contribution < 1.29 is 4.79 Å². The Morgan fingerprint density at radius 2 is 1.88 bits per heavy atom. The van der Waals surface area contributed by atoms with Gasteiger partial charge in [0.15, 0.2) is 5.69 Å². The number of nitrogens with one attached hydrogen (secondary N) is 1. The second-order valence-electron chi connectivity index (χ2n) is 6.95. The SMILES string of the molecule is Cc1ccc(C(C)N(C)C(=O)c2nnn(C3CCNCC3)c2C)cc1. The van der Waals surface area contributed by atoms with Gasteiger partial charge in [0.2, 0.25) is 0 Å². The number of amides is 1. The van der Waals surface area contributed by atoms with Gasteiger partial charge in [0, 0.05) is 7.05 Å². The van der Waals surface area contributed by atoms with Gasteiger partial charge in [-0.25, -0.2) is 4.68 Å². The second-order valence-corrected chi connectivity index (χ2v) is 6.95. The summed E-state index contributed by atoms with van der Waals surface area (Å²) >= 11 is 0. The lowest BCUT2D eigenvalue weighted by molar-refractivity contribution is 0.0735. The van der Waals surface area contributed by atoms with Crippen LogP contribution in [0.15, 0.2) is 24.3 Å². The molecule has 1 fully saturated rings. The summed E-state index contributed by atoms with van der Waals surface area (Å²) in [5.41, 5.74) is 3.65. The van der Waals surface area contributed by atoms with Gasteiger partial charge in [-0.3, -0.25) is 4.79 Å². The Morgan fingerprint density at radius 1 is 1.24 bits per heavy atom. The predicted octanol–water partition coefficient (Wildman–Crippen LogP) is 2.65. The highest BCUT2D eigenvalue weighted by Crippen LogP contribution is 2.24. The van der Waals surface area contributed by atoms with Crippen molar-refractivity contribution in [3.05, 3.63) is 46.8 Å². The van der Waals surface area contributed by atoms with Crippen molar-refractivity contribution in [2.75, 3.05) is 20.1 Å². The summed E-state index contributed by atoms with van der Waals surface area (Å²) in [7, 11) is 1.83. The first-order valence-electron chi connectivity index (χ1n) is 8.95. The summed E-state index contributed by atoms with van der Waals surface area (Å²) in [5.74, 6) is -0.0780. The van der Waals surface area contributed by atoms with Gasteiger partial charge < -0.3 is 10.2 Å². The smallest absolute Gasteiger partial charge is 0.276 e. The zero-order valence-corrected chi connectivity index (χ0v) is 15.5. The molecular weight excluding hydrogens is 314 g/mol. The maximum atomic E-state index is 12.9. The van der Waals surface area contributed by atoms with Gasteiger partial charge in [0.05, 0.1) is 17.8 Å². The average Bonchev–Trinajstić information content (AvgIpc) is 3.02. The molecule has 134 valence electrons. The van der Waals surface area contributed by atoms with Crippen molar-refractivity contribution in [3.8, 4) is 0 Å². The van der Waals surface area contributed by atoms with E-state index in [4.69, 9.17) is 0 Å². The third kappa shape index (κ3) is 3.58. The number of nitrogens with zero attached hydrogens (tertiary/aromatic N) is 4. The largest absolute Gasteiger partial charge is 0.333 e. The lowest BCUT2D eigenvalue weighted by atomic mass is 10.0. The van der Waals surface area contributed by atoms with Crippen molar-refractivity contribution >= 4 is 5.91 Å². The van der Waals surface area contributed by atoms with Gasteiger partial charge in [0.1, 0.15) is 0 Å². The molecule has 1 aliphatic heterocycles. The molecule has 0 saturated carbocycles. The van der Waals surface area contributed by atoms with E-state index in [-0.39, 0.29) is 11.9 Å². The van der Waals surface area contributed by atoms with Crippen LogP contribution < -0.4 is 5.32 Å². The van der Waals surface area contributed by atoms with Crippen LogP contribution in [0.2, 0.25) is 0 Å². The molecule has 1 saturated heterocycles. The van der Waals surface area contributed by atoms with E-state index in [1.165, 1.54) is 5.56 Å². The van der Waals surface area contributed by atoms with Crippen molar-refractivity contribution in [2.45, 2.75) is 45.7 Å². The molecule has 6 nitrogen and oxygen atoms in total. The van der Waals surface area contributed by atoms with E-state index in [1.807, 2.05) is 25.6 Å². The first-order chi connectivity index (χ1) is 12.0. The summed E-state index contributed by atoms with van der Waals surface area (Å²) in [6.45, 7) is 8.01. The normalized spacial score (nSPS) is 16.6. The summed E-state index contributed by atoms with van der Waals surface area (Å²) in [4.78, 5) is 14.7. The number of rotatable bonds is 4. The molecule has 1 atom stereocenters. The lowest BCUT2D eigenvalue weighted by Crippen LogP contribution is -2.31. The van der Waals surface area contributed by atoms with Crippen molar-refractivity contribution in [3.63, 3.8) is 0 Å². The molecular formula is C19H27N5O.